The van der Waals surface area contributed by atoms with E-state index in [1.54, 1.807) is 38.1 Å². The molecule has 0 radical (unpaired) electrons. The number of rotatable bonds is 7. The maximum Gasteiger partial charge on any atom is 0.234 e. The molecule has 2 aromatic rings. The van der Waals surface area contributed by atoms with E-state index in [1.807, 2.05) is 0 Å². The molecular weight excluding hydrogens is 386 g/mol. The Labute approximate surface area is 164 Å². The summed E-state index contributed by atoms with van der Waals surface area (Å²) >= 11 is 0. The Bertz CT molecular complexity index is 949. The molecule has 28 heavy (non-hydrogen) atoms. The van der Waals surface area contributed by atoms with Gasteiger partial charge < -0.3 is 10.2 Å². The minimum absolute atomic E-state index is 0.101. The average molecular weight is 410 g/mol. The van der Waals surface area contributed by atoms with Gasteiger partial charge in [-0.3, -0.25) is 9.71 Å². The van der Waals surface area contributed by atoms with E-state index in [1.165, 1.54) is 24.3 Å². The molecule has 2 N–H and O–H groups in total. The number of halogens is 2. The lowest BCUT2D eigenvalue weighted by Gasteiger charge is -2.22. The fourth-order valence-electron chi connectivity index (χ4n) is 2.55. The van der Waals surface area contributed by atoms with Crippen molar-refractivity contribution >= 4 is 21.7 Å². The highest BCUT2D eigenvalue weighted by atomic mass is 32.2. The summed E-state index contributed by atoms with van der Waals surface area (Å²) in [6.07, 6.45) is 0. The SMILES string of the molecule is CN=C(NCCS(=O)(=O)Nc1ccc(C)c(F)c1)N(C)Cc1cccc(F)c1. The fourth-order valence-corrected chi connectivity index (χ4v) is 3.51. The minimum atomic E-state index is -3.66. The first-order chi connectivity index (χ1) is 13.2. The molecule has 0 saturated carbocycles. The monoisotopic (exact) mass is 410 g/mol. The van der Waals surface area contributed by atoms with Gasteiger partial charge in [0.25, 0.3) is 0 Å². The number of guanidine groups is 1. The molecule has 0 aliphatic heterocycles. The summed E-state index contributed by atoms with van der Waals surface area (Å²) in [6.45, 7) is 2.11. The third-order valence-corrected chi connectivity index (χ3v) is 5.27. The maximum absolute atomic E-state index is 13.6. The summed E-state index contributed by atoms with van der Waals surface area (Å²) in [5.41, 5.74) is 1.38. The van der Waals surface area contributed by atoms with Crippen molar-refractivity contribution in [1.82, 2.24) is 10.2 Å². The summed E-state index contributed by atoms with van der Waals surface area (Å²) in [5, 5.41) is 2.96. The van der Waals surface area contributed by atoms with Gasteiger partial charge in [-0.05, 0) is 42.3 Å². The van der Waals surface area contributed by atoms with E-state index in [-0.39, 0.29) is 23.8 Å². The van der Waals surface area contributed by atoms with Crippen molar-refractivity contribution in [3.63, 3.8) is 0 Å². The number of hydrogen-bond donors (Lipinski definition) is 2. The number of hydrogen-bond acceptors (Lipinski definition) is 3. The fraction of sp³-hybridized carbons (Fsp3) is 0.316. The Hall–Kier alpha value is -2.68. The smallest absolute Gasteiger partial charge is 0.234 e. The summed E-state index contributed by atoms with van der Waals surface area (Å²) < 4.78 is 53.6. The normalized spacial score (nSPS) is 12.0. The summed E-state index contributed by atoms with van der Waals surface area (Å²) in [4.78, 5) is 5.86. The number of nitrogens with zero attached hydrogens (tertiary/aromatic N) is 2. The molecule has 9 heteroatoms. The molecule has 152 valence electrons. The first-order valence-corrected chi connectivity index (χ1v) is 10.3. The van der Waals surface area contributed by atoms with Crippen LogP contribution in [0.25, 0.3) is 0 Å². The molecule has 0 bridgehead atoms. The zero-order valence-corrected chi connectivity index (χ0v) is 16.9. The van der Waals surface area contributed by atoms with Gasteiger partial charge in [0.05, 0.1) is 11.4 Å². The van der Waals surface area contributed by atoms with Crippen molar-refractivity contribution in [3.8, 4) is 0 Å². The molecule has 0 aliphatic carbocycles. The average Bonchev–Trinajstić information content (AvgIpc) is 2.61. The first kappa shape index (κ1) is 21.6. The van der Waals surface area contributed by atoms with Crippen molar-refractivity contribution in [2.24, 2.45) is 4.99 Å². The van der Waals surface area contributed by atoms with Crippen LogP contribution in [0.5, 0.6) is 0 Å². The van der Waals surface area contributed by atoms with Crippen molar-refractivity contribution < 1.29 is 17.2 Å². The van der Waals surface area contributed by atoms with Gasteiger partial charge in [0.1, 0.15) is 11.6 Å². The van der Waals surface area contributed by atoms with E-state index >= 15 is 0 Å². The lowest BCUT2D eigenvalue weighted by Crippen LogP contribution is -2.41. The predicted molar refractivity (Wildman–Crippen MR) is 108 cm³/mol. The predicted octanol–water partition coefficient (Wildman–Crippen LogP) is 2.72. The number of sulfonamides is 1. The molecule has 0 fully saturated rings. The number of aliphatic imine (C=N–C) groups is 1. The largest absolute Gasteiger partial charge is 0.355 e. The zero-order valence-electron chi connectivity index (χ0n) is 16.0. The van der Waals surface area contributed by atoms with Gasteiger partial charge in [-0.1, -0.05) is 18.2 Å². The highest BCUT2D eigenvalue weighted by molar-refractivity contribution is 7.92. The lowest BCUT2D eigenvalue weighted by atomic mass is 10.2. The zero-order chi connectivity index (χ0) is 20.7. The van der Waals surface area contributed by atoms with Gasteiger partial charge >= 0.3 is 0 Å². The van der Waals surface area contributed by atoms with Gasteiger partial charge in [-0.25, -0.2) is 17.2 Å². The van der Waals surface area contributed by atoms with E-state index < -0.39 is 15.8 Å². The van der Waals surface area contributed by atoms with Crippen LogP contribution in [-0.2, 0) is 16.6 Å². The van der Waals surface area contributed by atoms with Crippen LogP contribution in [0.15, 0.2) is 47.5 Å². The van der Waals surface area contributed by atoms with Gasteiger partial charge in [-0.2, -0.15) is 0 Å². The second kappa shape index (κ2) is 9.50. The van der Waals surface area contributed by atoms with E-state index in [0.29, 0.717) is 18.1 Å². The molecular formula is C19H24F2N4O2S. The molecule has 2 rings (SSSR count). The standard InChI is InChI=1S/C19H24F2N4O2S/c1-14-7-8-17(12-18(14)21)24-28(26,27)10-9-23-19(22-2)25(3)13-15-5-4-6-16(20)11-15/h4-8,11-12,24H,9-10,13H2,1-3H3,(H,22,23). The second-order valence-electron chi connectivity index (χ2n) is 6.34. The molecule has 0 atom stereocenters. The van der Waals surface area contributed by atoms with Crippen molar-refractivity contribution in [3.05, 3.63) is 65.2 Å². The number of anilines is 1. The Morgan fingerprint density at radius 2 is 1.93 bits per heavy atom. The van der Waals surface area contributed by atoms with Crippen molar-refractivity contribution in [2.75, 3.05) is 31.1 Å². The number of benzene rings is 2. The topological polar surface area (TPSA) is 73.8 Å². The summed E-state index contributed by atoms with van der Waals surface area (Å²) in [7, 11) is -0.319. The van der Waals surface area contributed by atoms with Crippen LogP contribution < -0.4 is 10.0 Å². The number of aryl methyl sites for hydroxylation is 1. The molecule has 0 saturated heterocycles. The van der Waals surface area contributed by atoms with Crippen LogP contribution >= 0.6 is 0 Å². The summed E-state index contributed by atoms with van der Waals surface area (Å²) in [5.74, 6) is -0.549. The summed E-state index contributed by atoms with van der Waals surface area (Å²) in [6, 6.07) is 10.4. The Morgan fingerprint density at radius 1 is 1.18 bits per heavy atom. The van der Waals surface area contributed by atoms with Crippen LogP contribution in [0.3, 0.4) is 0 Å². The lowest BCUT2D eigenvalue weighted by molar-refractivity contribution is 0.476. The van der Waals surface area contributed by atoms with Gasteiger partial charge in [0.15, 0.2) is 5.96 Å². The van der Waals surface area contributed by atoms with Gasteiger partial charge in [-0.15, -0.1) is 0 Å². The molecule has 0 unspecified atom stereocenters. The second-order valence-corrected chi connectivity index (χ2v) is 8.19. The van der Waals surface area contributed by atoms with Crippen molar-refractivity contribution in [1.29, 1.82) is 0 Å². The van der Waals surface area contributed by atoms with Crippen LogP contribution in [0.1, 0.15) is 11.1 Å². The highest BCUT2D eigenvalue weighted by Gasteiger charge is 2.13. The molecule has 2 aromatic carbocycles. The molecule has 0 spiro atoms. The van der Waals surface area contributed by atoms with E-state index in [2.05, 4.69) is 15.0 Å². The maximum atomic E-state index is 13.6. The Balaban J connectivity index is 1.89. The molecule has 0 heterocycles. The highest BCUT2D eigenvalue weighted by Crippen LogP contribution is 2.15. The van der Waals surface area contributed by atoms with Crippen LogP contribution in [-0.4, -0.2) is 45.7 Å². The van der Waals surface area contributed by atoms with Gasteiger partial charge in [0, 0.05) is 27.2 Å². The number of nitrogens with one attached hydrogen (secondary N) is 2. The first-order valence-electron chi connectivity index (χ1n) is 8.63. The third kappa shape index (κ3) is 6.49. The Kier molecular flexibility index (Phi) is 7.33. The molecule has 0 aromatic heterocycles. The molecule has 6 nitrogen and oxygen atoms in total. The molecule has 0 amide bonds. The van der Waals surface area contributed by atoms with Crippen molar-refractivity contribution in [2.45, 2.75) is 13.5 Å². The van der Waals surface area contributed by atoms with E-state index in [9.17, 15) is 17.2 Å². The van der Waals surface area contributed by atoms with Crippen LogP contribution in [0.4, 0.5) is 14.5 Å². The van der Waals surface area contributed by atoms with E-state index in [0.717, 1.165) is 11.6 Å². The Morgan fingerprint density at radius 3 is 2.57 bits per heavy atom. The van der Waals surface area contributed by atoms with Crippen LogP contribution in [0.2, 0.25) is 0 Å². The minimum Gasteiger partial charge on any atom is -0.355 e. The third-order valence-electron chi connectivity index (χ3n) is 3.98. The van der Waals surface area contributed by atoms with E-state index in [4.69, 9.17) is 0 Å². The molecule has 0 aliphatic rings. The van der Waals surface area contributed by atoms with Gasteiger partial charge in [0.2, 0.25) is 10.0 Å². The quantitative estimate of drug-likeness (QED) is 0.544. The van der Waals surface area contributed by atoms with Crippen LogP contribution in [0, 0.1) is 18.6 Å².